The number of halogens is 3. The number of aromatic amines is 1. The van der Waals surface area contributed by atoms with E-state index >= 15 is 0 Å². The number of nitrogens with one attached hydrogen (secondary N) is 1. The van der Waals surface area contributed by atoms with Gasteiger partial charge >= 0.3 is 6.18 Å². The SMILES string of the molecule is CCCN(C)Cc1cn[nH]c1-c1ccc(CC(C)C)c(C(F)(F)F)c1. The van der Waals surface area contributed by atoms with Crippen molar-refractivity contribution in [2.75, 3.05) is 13.6 Å². The highest BCUT2D eigenvalue weighted by molar-refractivity contribution is 5.64. The smallest absolute Gasteiger partial charge is 0.302 e. The van der Waals surface area contributed by atoms with Crippen LogP contribution in [0.15, 0.2) is 24.4 Å². The van der Waals surface area contributed by atoms with Crippen LogP contribution in [0.25, 0.3) is 11.3 Å². The fourth-order valence-electron chi connectivity index (χ4n) is 3.05. The van der Waals surface area contributed by atoms with Crippen molar-refractivity contribution in [1.82, 2.24) is 15.1 Å². The summed E-state index contributed by atoms with van der Waals surface area (Å²) in [4.78, 5) is 2.13. The molecule has 0 spiro atoms. The molecule has 0 radical (unpaired) electrons. The van der Waals surface area contributed by atoms with Gasteiger partial charge < -0.3 is 4.90 Å². The highest BCUT2D eigenvalue weighted by atomic mass is 19.4. The van der Waals surface area contributed by atoms with E-state index in [4.69, 9.17) is 0 Å². The third-order valence-electron chi connectivity index (χ3n) is 4.10. The van der Waals surface area contributed by atoms with Crippen molar-refractivity contribution in [3.05, 3.63) is 41.1 Å². The number of rotatable bonds is 7. The molecule has 25 heavy (non-hydrogen) atoms. The molecule has 0 unspecified atom stereocenters. The summed E-state index contributed by atoms with van der Waals surface area (Å²) in [7, 11) is 1.99. The Bertz CT molecular complexity index is 689. The van der Waals surface area contributed by atoms with Crippen LogP contribution in [-0.4, -0.2) is 28.7 Å². The molecule has 0 aliphatic rings. The first-order chi connectivity index (χ1) is 11.7. The maximum absolute atomic E-state index is 13.5. The highest BCUT2D eigenvalue weighted by Gasteiger charge is 2.34. The molecule has 0 amide bonds. The summed E-state index contributed by atoms with van der Waals surface area (Å²) >= 11 is 0. The molecule has 1 aromatic carbocycles. The van der Waals surface area contributed by atoms with Gasteiger partial charge in [-0.25, -0.2) is 0 Å². The van der Waals surface area contributed by atoms with Crippen LogP contribution in [0.1, 0.15) is 43.9 Å². The maximum atomic E-state index is 13.5. The lowest BCUT2D eigenvalue weighted by molar-refractivity contribution is -0.138. The van der Waals surface area contributed by atoms with E-state index in [1.54, 1.807) is 18.3 Å². The Morgan fingerprint density at radius 1 is 1.20 bits per heavy atom. The normalized spacial score (nSPS) is 12.4. The van der Waals surface area contributed by atoms with Gasteiger partial charge in [-0.2, -0.15) is 18.3 Å². The number of benzene rings is 1. The van der Waals surface area contributed by atoms with Gasteiger partial charge in [0.15, 0.2) is 0 Å². The third-order valence-corrected chi connectivity index (χ3v) is 4.10. The Morgan fingerprint density at radius 3 is 2.52 bits per heavy atom. The molecule has 2 rings (SSSR count). The van der Waals surface area contributed by atoms with Gasteiger partial charge in [-0.15, -0.1) is 0 Å². The van der Waals surface area contributed by atoms with Crippen LogP contribution in [0.2, 0.25) is 0 Å². The second kappa shape index (κ2) is 8.04. The zero-order valence-corrected chi connectivity index (χ0v) is 15.2. The van der Waals surface area contributed by atoms with E-state index in [1.807, 2.05) is 20.9 Å². The van der Waals surface area contributed by atoms with Gasteiger partial charge in [0.05, 0.1) is 17.5 Å². The molecule has 0 fully saturated rings. The minimum absolute atomic E-state index is 0.164. The first-order valence-electron chi connectivity index (χ1n) is 8.63. The Hall–Kier alpha value is -1.82. The number of hydrogen-bond acceptors (Lipinski definition) is 2. The second-order valence-electron chi connectivity index (χ2n) is 6.98. The monoisotopic (exact) mass is 353 g/mol. The van der Waals surface area contributed by atoms with E-state index < -0.39 is 11.7 Å². The minimum Gasteiger partial charge on any atom is -0.302 e. The molecule has 1 aromatic heterocycles. The van der Waals surface area contributed by atoms with E-state index in [0.717, 1.165) is 18.5 Å². The number of alkyl halides is 3. The minimum atomic E-state index is -4.36. The van der Waals surface area contributed by atoms with Crippen molar-refractivity contribution < 1.29 is 13.2 Å². The molecule has 0 saturated heterocycles. The van der Waals surface area contributed by atoms with Gasteiger partial charge in [-0.05, 0) is 44.0 Å². The highest BCUT2D eigenvalue weighted by Crippen LogP contribution is 2.36. The molecular weight excluding hydrogens is 327 g/mol. The predicted molar refractivity (Wildman–Crippen MR) is 94.2 cm³/mol. The molecule has 6 heteroatoms. The summed E-state index contributed by atoms with van der Waals surface area (Å²) in [5.74, 6) is 0.164. The standard InChI is InChI=1S/C19H26F3N3/c1-5-8-25(4)12-16-11-23-24-18(16)15-7-6-14(9-13(2)3)17(10-15)19(20,21)22/h6-7,10-11,13H,5,8-9,12H2,1-4H3,(H,23,24). The number of nitrogens with zero attached hydrogens (tertiary/aromatic N) is 2. The molecule has 2 aromatic rings. The number of hydrogen-bond donors (Lipinski definition) is 1. The van der Waals surface area contributed by atoms with Crippen LogP contribution in [0.5, 0.6) is 0 Å². The van der Waals surface area contributed by atoms with Gasteiger partial charge in [0.1, 0.15) is 0 Å². The van der Waals surface area contributed by atoms with Crippen molar-refractivity contribution in [2.24, 2.45) is 5.92 Å². The molecule has 0 aliphatic heterocycles. The molecule has 1 N–H and O–H groups in total. The zero-order valence-electron chi connectivity index (χ0n) is 15.2. The molecule has 0 atom stereocenters. The lowest BCUT2D eigenvalue weighted by Crippen LogP contribution is -2.18. The topological polar surface area (TPSA) is 31.9 Å². The average Bonchev–Trinajstić information content (AvgIpc) is 2.94. The molecule has 0 aliphatic carbocycles. The third kappa shape index (κ3) is 5.08. The van der Waals surface area contributed by atoms with Crippen LogP contribution >= 0.6 is 0 Å². The predicted octanol–water partition coefficient (Wildman–Crippen LogP) is 5.14. The first kappa shape index (κ1) is 19.5. The number of aromatic nitrogens is 2. The Morgan fingerprint density at radius 2 is 1.92 bits per heavy atom. The largest absolute Gasteiger partial charge is 0.416 e. The van der Waals surface area contributed by atoms with E-state index in [0.29, 0.717) is 29.8 Å². The summed E-state index contributed by atoms with van der Waals surface area (Å²) < 4.78 is 40.5. The Kier molecular flexibility index (Phi) is 6.27. The molecule has 0 bridgehead atoms. The lowest BCUT2D eigenvalue weighted by atomic mass is 9.94. The maximum Gasteiger partial charge on any atom is 0.416 e. The summed E-state index contributed by atoms with van der Waals surface area (Å²) in [5.41, 5.74) is 1.87. The summed E-state index contributed by atoms with van der Waals surface area (Å²) in [6, 6.07) is 4.59. The zero-order chi connectivity index (χ0) is 18.6. The van der Waals surface area contributed by atoms with Crippen molar-refractivity contribution >= 4 is 0 Å². The van der Waals surface area contributed by atoms with Crippen molar-refractivity contribution in [2.45, 2.75) is 46.3 Å². The van der Waals surface area contributed by atoms with Gasteiger partial charge in [0.25, 0.3) is 0 Å². The number of H-pyrrole nitrogens is 1. The quantitative estimate of drug-likeness (QED) is 0.748. The van der Waals surface area contributed by atoms with Gasteiger partial charge in [0, 0.05) is 17.7 Å². The molecule has 1 heterocycles. The van der Waals surface area contributed by atoms with E-state index in [1.165, 1.54) is 6.07 Å². The first-order valence-corrected chi connectivity index (χ1v) is 8.63. The van der Waals surface area contributed by atoms with Crippen molar-refractivity contribution in [3.63, 3.8) is 0 Å². The second-order valence-corrected chi connectivity index (χ2v) is 6.98. The van der Waals surface area contributed by atoms with Crippen LogP contribution in [0.4, 0.5) is 13.2 Å². The summed E-state index contributed by atoms with van der Waals surface area (Å²) in [6.45, 7) is 7.51. The Balaban J connectivity index is 2.39. The van der Waals surface area contributed by atoms with Crippen LogP contribution < -0.4 is 0 Å². The molecule has 138 valence electrons. The van der Waals surface area contributed by atoms with Gasteiger partial charge in [-0.3, -0.25) is 5.10 Å². The summed E-state index contributed by atoms with van der Waals surface area (Å²) in [5, 5.41) is 6.91. The van der Waals surface area contributed by atoms with E-state index in [2.05, 4.69) is 22.0 Å². The fourth-order valence-corrected chi connectivity index (χ4v) is 3.05. The molecule has 0 saturated carbocycles. The molecular formula is C19H26F3N3. The average molecular weight is 353 g/mol. The summed E-state index contributed by atoms with van der Waals surface area (Å²) in [6.07, 6.45) is -1.24. The van der Waals surface area contributed by atoms with Crippen LogP contribution in [0, 0.1) is 5.92 Å². The van der Waals surface area contributed by atoms with Crippen molar-refractivity contribution in [1.29, 1.82) is 0 Å². The van der Waals surface area contributed by atoms with E-state index in [-0.39, 0.29) is 5.92 Å². The molecule has 3 nitrogen and oxygen atoms in total. The Labute approximate surface area is 147 Å². The van der Waals surface area contributed by atoms with E-state index in [9.17, 15) is 13.2 Å². The van der Waals surface area contributed by atoms with Crippen LogP contribution in [0.3, 0.4) is 0 Å². The van der Waals surface area contributed by atoms with Crippen molar-refractivity contribution in [3.8, 4) is 11.3 Å². The van der Waals surface area contributed by atoms with Crippen LogP contribution in [-0.2, 0) is 19.1 Å². The lowest BCUT2D eigenvalue weighted by Gasteiger charge is -2.17. The van der Waals surface area contributed by atoms with Gasteiger partial charge in [0.2, 0.25) is 0 Å². The fraction of sp³-hybridized carbons (Fsp3) is 0.526. The van der Waals surface area contributed by atoms with Gasteiger partial charge in [-0.1, -0.05) is 32.9 Å².